The van der Waals surface area contributed by atoms with Gasteiger partial charge in [0.25, 0.3) is 11.1 Å². The highest BCUT2D eigenvalue weighted by Crippen LogP contribution is 2.30. The van der Waals surface area contributed by atoms with E-state index in [1.165, 1.54) is 23.1 Å². The number of para-hydroxylation sites is 1. The molecule has 3 heterocycles. The molecule has 4 aromatic rings. The van der Waals surface area contributed by atoms with Gasteiger partial charge in [-0.05, 0) is 24.4 Å². The van der Waals surface area contributed by atoms with Crippen molar-refractivity contribution in [2.45, 2.75) is 17.4 Å². The Hall–Kier alpha value is -2.38. The van der Waals surface area contributed by atoms with Gasteiger partial charge >= 0.3 is 0 Å². The van der Waals surface area contributed by atoms with E-state index in [9.17, 15) is 4.79 Å². The number of thioether (sulfide) groups is 1. The van der Waals surface area contributed by atoms with Gasteiger partial charge in [0.15, 0.2) is 5.78 Å². The quantitative estimate of drug-likeness (QED) is 0.417. The fourth-order valence-electron chi connectivity index (χ4n) is 2.46. The highest BCUT2D eigenvalue weighted by molar-refractivity contribution is 8.00. The smallest absolute Gasteiger partial charge is 0.277 e. The van der Waals surface area contributed by atoms with Gasteiger partial charge in [-0.1, -0.05) is 36.0 Å². The van der Waals surface area contributed by atoms with Crippen LogP contribution in [0, 0.1) is 0 Å². The van der Waals surface area contributed by atoms with E-state index < -0.39 is 0 Å². The number of carbonyl (C=O) groups is 1. The highest BCUT2D eigenvalue weighted by Gasteiger charge is 2.22. The first-order valence-corrected chi connectivity index (χ1v) is 9.12. The number of ketones is 1. The van der Waals surface area contributed by atoms with Crippen molar-refractivity contribution >= 4 is 39.8 Å². The second-order valence-corrected chi connectivity index (χ2v) is 7.46. The number of nitrogens with one attached hydrogen (secondary N) is 1. The van der Waals surface area contributed by atoms with E-state index in [1.807, 2.05) is 48.7 Å². The number of hydrogen-bond acceptors (Lipinski definition) is 6. The van der Waals surface area contributed by atoms with Gasteiger partial charge in [0, 0.05) is 22.7 Å². The molecule has 24 heavy (non-hydrogen) atoms. The number of thiophene rings is 1. The third-order valence-electron chi connectivity index (χ3n) is 3.64. The lowest BCUT2D eigenvalue weighted by Gasteiger charge is -2.06. The lowest BCUT2D eigenvalue weighted by Crippen LogP contribution is -2.13. The number of aromatic amines is 1. The van der Waals surface area contributed by atoms with Crippen molar-refractivity contribution in [1.82, 2.24) is 15.2 Å². The Kier molecular flexibility index (Phi) is 3.95. The van der Waals surface area contributed by atoms with Gasteiger partial charge in [-0.2, -0.15) is 0 Å². The van der Waals surface area contributed by atoms with E-state index in [-0.39, 0.29) is 11.0 Å². The largest absolute Gasteiger partial charge is 0.410 e. The van der Waals surface area contributed by atoms with E-state index in [0.717, 1.165) is 15.8 Å². The van der Waals surface area contributed by atoms with Crippen LogP contribution in [-0.2, 0) is 0 Å². The first-order chi connectivity index (χ1) is 11.7. The highest BCUT2D eigenvalue weighted by atomic mass is 32.2. The molecular formula is C17H13N3O2S2. The molecule has 0 saturated carbocycles. The number of Topliss-reactive ketones (excluding diaryl/α,β-unsaturated/α-hetero) is 1. The molecule has 1 N–H and O–H groups in total. The van der Waals surface area contributed by atoms with Gasteiger partial charge in [0.1, 0.15) is 0 Å². The van der Waals surface area contributed by atoms with Crippen LogP contribution in [0.15, 0.2) is 57.6 Å². The Morgan fingerprint density at radius 3 is 2.96 bits per heavy atom. The van der Waals surface area contributed by atoms with Crippen LogP contribution in [0.2, 0.25) is 0 Å². The normalized spacial score (nSPS) is 12.5. The molecule has 7 heteroatoms. The molecule has 0 aliphatic carbocycles. The molecule has 4 rings (SSSR count). The standard InChI is InChI=1S/C17H13N3O2S2/c1-10(15(21)12-9-18-13-6-3-2-5-11(12)13)24-17-20-19-16(22-17)14-7-4-8-23-14/h2-10,18H,1H3. The molecule has 3 aromatic heterocycles. The van der Waals surface area contributed by atoms with Gasteiger partial charge in [0.2, 0.25) is 0 Å². The Bertz CT molecular complexity index is 988. The molecule has 1 atom stereocenters. The minimum absolute atomic E-state index is 0.0355. The molecule has 0 amide bonds. The summed E-state index contributed by atoms with van der Waals surface area (Å²) in [5.74, 6) is 0.521. The van der Waals surface area contributed by atoms with Crippen LogP contribution in [-0.4, -0.2) is 26.2 Å². The Labute approximate surface area is 146 Å². The summed E-state index contributed by atoms with van der Waals surface area (Å²) in [6.45, 7) is 1.85. The van der Waals surface area contributed by atoms with Gasteiger partial charge in [-0.3, -0.25) is 4.79 Å². The fraction of sp³-hybridized carbons (Fsp3) is 0.118. The minimum atomic E-state index is -0.319. The summed E-state index contributed by atoms with van der Waals surface area (Å²) < 4.78 is 5.64. The molecule has 0 aliphatic rings. The number of H-pyrrole nitrogens is 1. The predicted molar refractivity (Wildman–Crippen MR) is 95.6 cm³/mol. The molecule has 1 unspecified atom stereocenters. The summed E-state index contributed by atoms with van der Waals surface area (Å²) >= 11 is 2.81. The zero-order chi connectivity index (χ0) is 16.5. The average molecular weight is 355 g/mol. The van der Waals surface area contributed by atoms with Gasteiger partial charge in [0.05, 0.1) is 10.1 Å². The summed E-state index contributed by atoms with van der Waals surface area (Å²) in [5.41, 5.74) is 1.64. The Balaban J connectivity index is 1.54. The molecule has 120 valence electrons. The van der Waals surface area contributed by atoms with Crippen LogP contribution < -0.4 is 0 Å². The second kappa shape index (κ2) is 6.26. The van der Waals surface area contributed by atoms with Crippen molar-refractivity contribution in [3.05, 3.63) is 53.5 Å². The number of benzene rings is 1. The van der Waals surface area contributed by atoms with Crippen molar-refractivity contribution in [1.29, 1.82) is 0 Å². The molecular weight excluding hydrogens is 342 g/mol. The second-order valence-electron chi connectivity index (χ2n) is 5.22. The predicted octanol–water partition coefficient (Wildman–Crippen LogP) is 4.64. The van der Waals surface area contributed by atoms with Crippen molar-refractivity contribution in [2.75, 3.05) is 0 Å². The Morgan fingerprint density at radius 1 is 1.25 bits per heavy atom. The van der Waals surface area contributed by atoms with Crippen molar-refractivity contribution in [3.8, 4) is 10.8 Å². The van der Waals surface area contributed by atoms with Crippen LogP contribution in [0.1, 0.15) is 17.3 Å². The van der Waals surface area contributed by atoms with E-state index in [4.69, 9.17) is 4.42 Å². The van der Waals surface area contributed by atoms with Crippen LogP contribution in [0.5, 0.6) is 0 Å². The molecule has 0 fully saturated rings. The van der Waals surface area contributed by atoms with E-state index >= 15 is 0 Å². The average Bonchev–Trinajstić information content (AvgIpc) is 3.33. The van der Waals surface area contributed by atoms with Crippen LogP contribution >= 0.6 is 23.1 Å². The third kappa shape index (κ3) is 2.76. The SMILES string of the molecule is CC(Sc1nnc(-c2cccs2)o1)C(=O)c1c[nH]c2ccccc12. The molecule has 1 aromatic carbocycles. The molecule has 0 aliphatic heterocycles. The van der Waals surface area contributed by atoms with Crippen LogP contribution in [0.3, 0.4) is 0 Å². The third-order valence-corrected chi connectivity index (χ3v) is 5.43. The number of aromatic nitrogens is 3. The maximum absolute atomic E-state index is 12.7. The summed E-state index contributed by atoms with van der Waals surface area (Å²) in [4.78, 5) is 16.8. The van der Waals surface area contributed by atoms with E-state index in [2.05, 4.69) is 15.2 Å². The molecule has 0 spiro atoms. The zero-order valence-electron chi connectivity index (χ0n) is 12.7. The number of rotatable bonds is 5. The van der Waals surface area contributed by atoms with E-state index in [1.54, 1.807) is 6.20 Å². The van der Waals surface area contributed by atoms with Gasteiger partial charge in [-0.15, -0.1) is 21.5 Å². The first-order valence-electron chi connectivity index (χ1n) is 7.37. The molecule has 0 saturated heterocycles. The molecule has 0 radical (unpaired) electrons. The van der Waals surface area contributed by atoms with Crippen molar-refractivity contribution in [2.24, 2.45) is 0 Å². The maximum atomic E-state index is 12.7. The van der Waals surface area contributed by atoms with Gasteiger partial charge < -0.3 is 9.40 Å². The molecule has 0 bridgehead atoms. The van der Waals surface area contributed by atoms with Gasteiger partial charge in [-0.25, -0.2) is 0 Å². The van der Waals surface area contributed by atoms with Crippen molar-refractivity contribution < 1.29 is 9.21 Å². The lowest BCUT2D eigenvalue weighted by molar-refractivity contribution is 0.0995. The van der Waals surface area contributed by atoms with E-state index in [0.29, 0.717) is 16.7 Å². The number of fused-ring (bicyclic) bond motifs is 1. The first kappa shape index (κ1) is 15.2. The summed E-state index contributed by atoms with van der Waals surface area (Å²) in [6, 6.07) is 11.6. The fourth-order valence-corrected chi connectivity index (χ4v) is 3.85. The minimum Gasteiger partial charge on any atom is -0.410 e. The monoisotopic (exact) mass is 355 g/mol. The summed E-state index contributed by atoms with van der Waals surface area (Å²) in [7, 11) is 0. The molecule has 5 nitrogen and oxygen atoms in total. The van der Waals surface area contributed by atoms with Crippen LogP contribution in [0.25, 0.3) is 21.7 Å². The zero-order valence-corrected chi connectivity index (χ0v) is 14.4. The van der Waals surface area contributed by atoms with Crippen molar-refractivity contribution in [3.63, 3.8) is 0 Å². The maximum Gasteiger partial charge on any atom is 0.277 e. The number of nitrogens with zero attached hydrogens (tertiary/aromatic N) is 2. The number of carbonyl (C=O) groups excluding carboxylic acids is 1. The Morgan fingerprint density at radius 2 is 2.12 bits per heavy atom. The summed E-state index contributed by atoms with van der Waals surface area (Å²) in [5, 5.41) is 11.0. The lowest BCUT2D eigenvalue weighted by atomic mass is 10.1. The number of hydrogen-bond donors (Lipinski definition) is 1. The topological polar surface area (TPSA) is 71.8 Å². The van der Waals surface area contributed by atoms with Crippen LogP contribution in [0.4, 0.5) is 0 Å². The summed E-state index contributed by atoms with van der Waals surface area (Å²) in [6.07, 6.45) is 1.76.